The van der Waals surface area contributed by atoms with E-state index in [0.717, 1.165) is 0 Å². The molecule has 0 aliphatic rings. The minimum absolute atomic E-state index is 0.120. The van der Waals surface area contributed by atoms with Gasteiger partial charge < -0.3 is 11.1 Å². The maximum Gasteiger partial charge on any atom is 0.227 e. The minimum atomic E-state index is -0.120. The van der Waals surface area contributed by atoms with Crippen molar-refractivity contribution in [1.29, 1.82) is 0 Å². The Morgan fingerprint density at radius 3 is 2.93 bits per heavy atom. The van der Waals surface area contributed by atoms with E-state index < -0.39 is 0 Å². The number of thiophene rings is 1. The molecule has 1 heterocycles. The van der Waals surface area contributed by atoms with Crippen LogP contribution in [0.3, 0.4) is 0 Å². The average Bonchev–Trinajstić information content (AvgIpc) is 2.46. The molecular weight excluding hydrogens is 216 g/mol. The number of amides is 1. The van der Waals surface area contributed by atoms with Crippen LogP contribution in [0.25, 0.3) is 0 Å². The molecule has 1 aromatic heterocycles. The minimum Gasteiger partial charge on any atom is -0.393 e. The molecule has 0 unspecified atom stereocenters. The molecule has 1 aromatic rings. The second kappa shape index (κ2) is 5.07. The Morgan fingerprint density at radius 1 is 1.71 bits per heavy atom. The monoisotopic (exact) mass is 228 g/mol. The summed E-state index contributed by atoms with van der Waals surface area (Å²) in [6, 6.07) is 2.03. The van der Waals surface area contributed by atoms with Crippen LogP contribution in [-0.2, 0) is 11.3 Å². The van der Waals surface area contributed by atoms with Crippen LogP contribution in [0.1, 0.15) is 16.9 Å². The molecule has 0 fully saturated rings. The Balaban J connectivity index is 2.38. The molecule has 14 heavy (non-hydrogen) atoms. The first kappa shape index (κ1) is 11.1. The highest BCUT2D eigenvalue weighted by Gasteiger charge is 2.04. The molecule has 0 radical (unpaired) electrons. The first-order chi connectivity index (χ1) is 6.59. The van der Waals surface area contributed by atoms with Gasteiger partial charge in [0.15, 0.2) is 0 Å². The van der Waals surface area contributed by atoms with Gasteiger partial charge in [0.05, 0.1) is 18.0 Å². The fourth-order valence-corrected chi connectivity index (χ4v) is 1.96. The smallest absolute Gasteiger partial charge is 0.227 e. The molecule has 3 N–H and O–H groups in total. The molecule has 76 valence electrons. The van der Waals surface area contributed by atoms with Gasteiger partial charge in [-0.1, -0.05) is 12.2 Å². The van der Waals surface area contributed by atoms with Gasteiger partial charge in [0, 0.05) is 4.88 Å². The standard InChI is InChI=1S/C9H12N2OS2/c1-6-2-3-14-7(6)5-11-9(12)4-8(10)13/h2-3H,4-5H2,1H3,(H2,10,13)(H,11,12). The maximum atomic E-state index is 11.2. The van der Waals surface area contributed by atoms with E-state index in [1.807, 2.05) is 18.4 Å². The number of thiocarbonyl (C=S) groups is 1. The van der Waals surface area contributed by atoms with Crippen molar-refractivity contribution in [2.24, 2.45) is 5.73 Å². The van der Waals surface area contributed by atoms with E-state index in [9.17, 15) is 4.79 Å². The number of rotatable bonds is 4. The Hall–Kier alpha value is -0.940. The fourth-order valence-electron chi connectivity index (χ4n) is 0.985. The highest BCUT2D eigenvalue weighted by molar-refractivity contribution is 7.80. The molecule has 0 saturated carbocycles. The molecule has 0 atom stereocenters. The van der Waals surface area contributed by atoms with Crippen molar-refractivity contribution in [2.45, 2.75) is 19.9 Å². The summed E-state index contributed by atoms with van der Waals surface area (Å²) in [7, 11) is 0. The summed E-state index contributed by atoms with van der Waals surface area (Å²) in [5, 5.41) is 4.77. The summed E-state index contributed by atoms with van der Waals surface area (Å²) in [6.45, 7) is 2.58. The molecule has 0 aromatic carbocycles. The van der Waals surface area contributed by atoms with Gasteiger partial charge in [0.2, 0.25) is 5.91 Å². The van der Waals surface area contributed by atoms with Crippen LogP contribution in [0.2, 0.25) is 0 Å². The van der Waals surface area contributed by atoms with Crippen molar-refractivity contribution in [1.82, 2.24) is 5.32 Å². The highest BCUT2D eigenvalue weighted by atomic mass is 32.1. The number of carbonyl (C=O) groups excluding carboxylic acids is 1. The summed E-state index contributed by atoms with van der Waals surface area (Å²) in [4.78, 5) is 12.6. The van der Waals surface area contributed by atoms with Crippen LogP contribution < -0.4 is 11.1 Å². The third-order valence-electron chi connectivity index (χ3n) is 1.75. The van der Waals surface area contributed by atoms with E-state index in [2.05, 4.69) is 17.5 Å². The van der Waals surface area contributed by atoms with Crippen LogP contribution in [0, 0.1) is 6.92 Å². The molecule has 0 spiro atoms. The average molecular weight is 228 g/mol. The van der Waals surface area contributed by atoms with Crippen molar-refractivity contribution in [3.8, 4) is 0 Å². The van der Waals surface area contributed by atoms with E-state index in [0.29, 0.717) is 6.54 Å². The Labute approximate surface area is 92.3 Å². The lowest BCUT2D eigenvalue weighted by atomic mass is 10.3. The zero-order chi connectivity index (χ0) is 10.6. The van der Waals surface area contributed by atoms with Gasteiger partial charge in [-0.2, -0.15) is 0 Å². The number of aryl methyl sites for hydroxylation is 1. The summed E-state index contributed by atoms with van der Waals surface area (Å²) in [6.07, 6.45) is 0.125. The second-order valence-corrected chi connectivity index (χ2v) is 4.47. The summed E-state index contributed by atoms with van der Waals surface area (Å²) >= 11 is 6.26. The van der Waals surface area contributed by atoms with Crippen molar-refractivity contribution < 1.29 is 4.79 Å². The van der Waals surface area contributed by atoms with E-state index in [-0.39, 0.29) is 17.3 Å². The number of hydrogen-bond acceptors (Lipinski definition) is 3. The van der Waals surface area contributed by atoms with Crippen molar-refractivity contribution in [2.75, 3.05) is 0 Å². The van der Waals surface area contributed by atoms with Crippen LogP contribution in [-0.4, -0.2) is 10.9 Å². The molecule has 0 saturated heterocycles. The lowest BCUT2D eigenvalue weighted by molar-refractivity contribution is -0.120. The van der Waals surface area contributed by atoms with Gasteiger partial charge in [-0.3, -0.25) is 4.79 Å². The molecule has 0 aliphatic heterocycles. The number of nitrogens with two attached hydrogens (primary N) is 1. The van der Waals surface area contributed by atoms with E-state index in [1.165, 1.54) is 10.4 Å². The van der Waals surface area contributed by atoms with E-state index in [1.54, 1.807) is 11.3 Å². The first-order valence-electron chi connectivity index (χ1n) is 4.17. The normalized spacial score (nSPS) is 9.79. The zero-order valence-electron chi connectivity index (χ0n) is 7.87. The van der Waals surface area contributed by atoms with Crippen LogP contribution in [0.4, 0.5) is 0 Å². The van der Waals surface area contributed by atoms with E-state index >= 15 is 0 Å². The number of hydrogen-bond donors (Lipinski definition) is 2. The largest absolute Gasteiger partial charge is 0.393 e. The number of nitrogens with one attached hydrogen (secondary N) is 1. The van der Waals surface area contributed by atoms with Crippen molar-refractivity contribution >= 4 is 34.5 Å². The first-order valence-corrected chi connectivity index (χ1v) is 5.46. The van der Waals surface area contributed by atoms with Crippen LogP contribution in [0.15, 0.2) is 11.4 Å². The third-order valence-corrected chi connectivity index (χ3v) is 2.92. The van der Waals surface area contributed by atoms with E-state index in [4.69, 9.17) is 5.73 Å². The number of carbonyl (C=O) groups is 1. The van der Waals surface area contributed by atoms with Crippen molar-refractivity contribution in [3.05, 3.63) is 21.9 Å². The SMILES string of the molecule is Cc1ccsc1CNC(=O)CC(N)=S. The lowest BCUT2D eigenvalue weighted by Crippen LogP contribution is -2.27. The molecule has 0 aliphatic carbocycles. The summed E-state index contributed by atoms with van der Waals surface area (Å²) in [5.74, 6) is -0.120. The molecular formula is C9H12N2OS2. The molecule has 0 bridgehead atoms. The van der Waals surface area contributed by atoms with Crippen LogP contribution >= 0.6 is 23.6 Å². The molecule has 1 rings (SSSR count). The Morgan fingerprint density at radius 2 is 2.43 bits per heavy atom. The maximum absolute atomic E-state index is 11.2. The predicted octanol–water partition coefficient (Wildman–Crippen LogP) is 1.35. The van der Waals surface area contributed by atoms with Gasteiger partial charge in [0.1, 0.15) is 0 Å². The second-order valence-electron chi connectivity index (χ2n) is 2.95. The predicted molar refractivity (Wildman–Crippen MR) is 62.3 cm³/mol. The van der Waals surface area contributed by atoms with Gasteiger partial charge in [-0.25, -0.2) is 0 Å². The third kappa shape index (κ3) is 3.43. The van der Waals surface area contributed by atoms with Crippen LogP contribution in [0.5, 0.6) is 0 Å². The van der Waals surface area contributed by atoms with Gasteiger partial charge in [-0.15, -0.1) is 11.3 Å². The quantitative estimate of drug-likeness (QED) is 0.765. The lowest BCUT2D eigenvalue weighted by Gasteiger charge is -2.03. The fraction of sp³-hybridized carbons (Fsp3) is 0.333. The summed E-state index contributed by atoms with van der Waals surface area (Å²) in [5.41, 5.74) is 6.45. The van der Waals surface area contributed by atoms with Gasteiger partial charge in [-0.05, 0) is 23.9 Å². The van der Waals surface area contributed by atoms with Crippen molar-refractivity contribution in [3.63, 3.8) is 0 Å². The van der Waals surface area contributed by atoms with Gasteiger partial charge in [0.25, 0.3) is 0 Å². The molecule has 1 amide bonds. The highest BCUT2D eigenvalue weighted by Crippen LogP contribution is 2.14. The summed E-state index contributed by atoms with van der Waals surface area (Å²) < 4.78 is 0. The van der Waals surface area contributed by atoms with Gasteiger partial charge >= 0.3 is 0 Å². The molecule has 3 nitrogen and oxygen atoms in total. The zero-order valence-corrected chi connectivity index (χ0v) is 9.50. The molecule has 5 heteroatoms. The Kier molecular flexibility index (Phi) is 4.03. The topological polar surface area (TPSA) is 55.1 Å². The Bertz CT molecular complexity index is 346.